The van der Waals surface area contributed by atoms with E-state index in [0.29, 0.717) is 65.0 Å². The summed E-state index contributed by atoms with van der Waals surface area (Å²) in [6.45, 7) is 5.85. The molecule has 2 aliphatic heterocycles. The molecule has 2 N–H and O–H groups in total. The molecule has 8 nitrogen and oxygen atoms in total. The Kier molecular flexibility index (Phi) is 11.5. The minimum Gasteiger partial charge on any atom is -0.496 e. The fraction of sp³-hybridized carbons (Fsp3) is 0.350. The average Bonchev–Trinajstić information content (AvgIpc) is 3.80. The molecule has 0 bridgehead atoms. The van der Waals surface area contributed by atoms with Gasteiger partial charge in [0.1, 0.15) is 17.2 Å². The number of ether oxygens (including phenoxy) is 2. The van der Waals surface area contributed by atoms with Crippen LogP contribution in [0.5, 0.6) is 11.5 Å². The summed E-state index contributed by atoms with van der Waals surface area (Å²) >= 11 is 6.93. The Morgan fingerprint density at radius 2 is 1.62 bits per heavy atom. The highest BCUT2D eigenvalue weighted by Gasteiger charge is 2.34. The van der Waals surface area contributed by atoms with Crippen LogP contribution in [0.3, 0.4) is 0 Å². The summed E-state index contributed by atoms with van der Waals surface area (Å²) in [7, 11) is 3.01. The van der Waals surface area contributed by atoms with Gasteiger partial charge in [0, 0.05) is 60.8 Å². The second-order valence-electron chi connectivity index (χ2n) is 13.3. The van der Waals surface area contributed by atoms with Crippen LogP contribution < -0.4 is 14.8 Å². The number of rotatable bonds is 11. The number of alkyl halides is 3. The first-order valence-corrected chi connectivity index (χ1v) is 17.6. The summed E-state index contributed by atoms with van der Waals surface area (Å²) in [4.78, 5) is 22.0. The summed E-state index contributed by atoms with van der Waals surface area (Å²) in [5.74, 6) is 0.510. The number of aliphatic hydroxyl groups is 1. The zero-order valence-corrected chi connectivity index (χ0v) is 30.2. The maximum absolute atomic E-state index is 14.3. The number of amides is 1. The van der Waals surface area contributed by atoms with Crippen molar-refractivity contribution in [2.75, 3.05) is 45.7 Å². The van der Waals surface area contributed by atoms with Gasteiger partial charge in [-0.3, -0.25) is 19.6 Å². The third kappa shape index (κ3) is 8.44. The van der Waals surface area contributed by atoms with E-state index in [-0.39, 0.29) is 17.4 Å². The molecule has 4 aromatic rings. The highest BCUT2D eigenvalue weighted by Crippen LogP contribution is 2.39. The summed E-state index contributed by atoms with van der Waals surface area (Å²) in [5, 5.41) is 13.2. The van der Waals surface area contributed by atoms with Gasteiger partial charge in [0.05, 0.1) is 30.9 Å². The molecule has 0 unspecified atom stereocenters. The zero-order valence-electron chi connectivity index (χ0n) is 29.4. The second kappa shape index (κ2) is 16.1. The first-order valence-electron chi connectivity index (χ1n) is 17.3. The molecule has 0 aliphatic carbocycles. The van der Waals surface area contributed by atoms with Gasteiger partial charge in [0.15, 0.2) is 0 Å². The summed E-state index contributed by atoms with van der Waals surface area (Å²) in [6, 6.07) is 15.0. The Morgan fingerprint density at radius 3 is 2.31 bits per heavy atom. The molecule has 52 heavy (non-hydrogen) atoms. The first kappa shape index (κ1) is 37.3. The molecule has 0 radical (unpaired) electrons. The third-order valence-corrected chi connectivity index (χ3v) is 10.2. The Balaban J connectivity index is 1.24. The van der Waals surface area contributed by atoms with Crippen LogP contribution in [-0.2, 0) is 19.3 Å². The van der Waals surface area contributed by atoms with Crippen LogP contribution in [0.2, 0.25) is 5.02 Å². The predicted octanol–water partition coefficient (Wildman–Crippen LogP) is 8.33. The minimum atomic E-state index is -4.57. The molecule has 6 rings (SSSR count). The number of halogens is 4. The average molecular weight is 735 g/mol. The lowest BCUT2D eigenvalue weighted by Gasteiger charge is -2.20. The Morgan fingerprint density at radius 1 is 0.942 bits per heavy atom. The van der Waals surface area contributed by atoms with Gasteiger partial charge in [0.25, 0.3) is 5.91 Å². The monoisotopic (exact) mass is 734 g/mol. The number of hydrogen-bond acceptors (Lipinski definition) is 7. The first-order chi connectivity index (χ1) is 24.9. The van der Waals surface area contributed by atoms with Gasteiger partial charge in [-0.05, 0) is 79.7 Å². The van der Waals surface area contributed by atoms with E-state index < -0.39 is 17.6 Å². The van der Waals surface area contributed by atoms with Gasteiger partial charge >= 0.3 is 6.18 Å². The van der Waals surface area contributed by atoms with Crippen LogP contribution in [0.1, 0.15) is 63.1 Å². The Labute approximate surface area is 306 Å². The number of carbonyl (C=O) groups is 1. The van der Waals surface area contributed by atoms with Crippen LogP contribution in [0.25, 0.3) is 23.3 Å². The van der Waals surface area contributed by atoms with E-state index in [2.05, 4.69) is 20.1 Å². The second-order valence-corrected chi connectivity index (χ2v) is 13.6. The van der Waals surface area contributed by atoms with Crippen molar-refractivity contribution >= 4 is 35.3 Å². The minimum absolute atomic E-state index is 0.0231. The summed E-state index contributed by atoms with van der Waals surface area (Å²) in [6.07, 6.45) is 2.47. The van der Waals surface area contributed by atoms with E-state index in [9.17, 15) is 23.1 Å². The molecular weight excluding hydrogens is 693 g/mol. The molecule has 1 atom stereocenters. The number of pyridine rings is 1. The number of nitrogens with one attached hydrogen (secondary N) is 1. The van der Waals surface area contributed by atoms with Crippen LogP contribution in [0.15, 0.2) is 60.8 Å². The lowest BCUT2D eigenvalue weighted by atomic mass is 9.96. The van der Waals surface area contributed by atoms with Crippen molar-refractivity contribution in [3.05, 3.63) is 105 Å². The number of anilines is 1. The molecule has 274 valence electrons. The molecule has 0 saturated carbocycles. The smallest absolute Gasteiger partial charge is 0.417 e. The quantitative estimate of drug-likeness (QED) is 0.150. The van der Waals surface area contributed by atoms with Gasteiger partial charge in [-0.1, -0.05) is 54.1 Å². The van der Waals surface area contributed by atoms with Crippen molar-refractivity contribution in [2.45, 2.75) is 51.6 Å². The Hall–Kier alpha value is -4.42. The normalized spacial score (nSPS) is 16.9. The zero-order chi connectivity index (χ0) is 37.0. The molecule has 1 aromatic heterocycles. The lowest BCUT2D eigenvalue weighted by molar-refractivity contribution is -0.137. The fourth-order valence-corrected chi connectivity index (χ4v) is 7.22. The van der Waals surface area contributed by atoms with Crippen LogP contribution >= 0.6 is 11.6 Å². The molecule has 2 aliphatic rings. The number of aliphatic hydroxyl groups excluding tert-OH is 1. The number of benzene rings is 3. The van der Waals surface area contributed by atoms with Crippen molar-refractivity contribution in [2.24, 2.45) is 0 Å². The van der Waals surface area contributed by atoms with E-state index in [0.717, 1.165) is 49.2 Å². The molecule has 0 spiro atoms. The van der Waals surface area contributed by atoms with Gasteiger partial charge < -0.3 is 19.9 Å². The van der Waals surface area contributed by atoms with Crippen LogP contribution in [-0.4, -0.2) is 72.3 Å². The summed E-state index contributed by atoms with van der Waals surface area (Å²) in [5.41, 5.74) is 3.96. The number of methoxy groups -OCH3 is 2. The van der Waals surface area contributed by atoms with Crippen LogP contribution in [0, 0.1) is 6.92 Å². The lowest BCUT2D eigenvalue weighted by Crippen LogP contribution is -2.22. The molecule has 12 heteroatoms. The van der Waals surface area contributed by atoms with Crippen molar-refractivity contribution in [1.82, 2.24) is 14.8 Å². The Bertz CT molecular complexity index is 1960. The summed E-state index contributed by atoms with van der Waals surface area (Å²) < 4.78 is 54.1. The topological polar surface area (TPSA) is 87.2 Å². The highest BCUT2D eigenvalue weighted by molar-refractivity contribution is 6.35. The fourth-order valence-electron chi connectivity index (χ4n) is 6.93. The molecule has 3 aromatic carbocycles. The number of carbonyl (C=O) groups excluding carboxylic acids is 1. The van der Waals surface area contributed by atoms with Crippen molar-refractivity contribution < 1.29 is 32.5 Å². The molecule has 1 amide bonds. The maximum atomic E-state index is 14.3. The van der Waals surface area contributed by atoms with E-state index in [1.807, 2.05) is 19.1 Å². The molecule has 2 fully saturated rings. The largest absolute Gasteiger partial charge is 0.496 e. The molecule has 2 saturated heterocycles. The van der Waals surface area contributed by atoms with E-state index in [1.54, 1.807) is 42.6 Å². The highest BCUT2D eigenvalue weighted by atomic mass is 35.5. The number of aromatic nitrogens is 1. The standard InChI is InChI=1S/C40H42ClF3N4O4/c1-25-31(9-7-11-34(25)46-39(50)35-20-37(52-3)29(21-45-35)23-48-17-14-30(49)24-48)32-10-6-8-26(38(32)41)12-13-27-19-36(51-2)28(18-33(27)40(42,43)44)22-47-15-4-5-16-47/h6-13,18-21,30,49H,4-5,14-17,22-24H2,1-3H3,(H,46,50)/b13-12+/t30-/m1/s1. The SMILES string of the molecule is COc1cc(/C=C/c2cccc(-c3cccc(NC(=O)c4cc(OC)c(CN5CC[C@@H](O)C5)cn4)c3C)c2Cl)c(C(F)(F)F)cc1CN1CCCC1. The van der Waals surface area contributed by atoms with Gasteiger partial charge in [0.2, 0.25) is 0 Å². The van der Waals surface area contributed by atoms with Gasteiger partial charge in [-0.2, -0.15) is 13.2 Å². The van der Waals surface area contributed by atoms with E-state index in [1.165, 1.54) is 32.4 Å². The van der Waals surface area contributed by atoms with E-state index >= 15 is 0 Å². The number of hydrogen-bond donors (Lipinski definition) is 2. The predicted molar refractivity (Wildman–Crippen MR) is 198 cm³/mol. The maximum Gasteiger partial charge on any atom is 0.417 e. The molecular formula is C40H42ClF3N4O4. The van der Waals surface area contributed by atoms with Crippen LogP contribution in [0.4, 0.5) is 18.9 Å². The third-order valence-electron chi connectivity index (χ3n) is 9.73. The number of nitrogens with zero attached hydrogens (tertiary/aromatic N) is 3. The molecule has 3 heterocycles. The number of β-amino-alcohol motifs (C(OH)–C–C–N with tert-alkyl or cyclic N) is 1. The van der Waals surface area contributed by atoms with Crippen molar-refractivity contribution in [1.29, 1.82) is 0 Å². The number of likely N-dealkylation sites (tertiary alicyclic amines) is 2. The van der Waals surface area contributed by atoms with Crippen molar-refractivity contribution in [3.63, 3.8) is 0 Å². The van der Waals surface area contributed by atoms with Crippen molar-refractivity contribution in [3.8, 4) is 22.6 Å². The van der Waals surface area contributed by atoms with Gasteiger partial charge in [-0.25, -0.2) is 0 Å². The van der Waals surface area contributed by atoms with E-state index in [4.69, 9.17) is 21.1 Å². The van der Waals surface area contributed by atoms with Gasteiger partial charge in [-0.15, -0.1) is 0 Å².